The van der Waals surface area contributed by atoms with Crippen molar-refractivity contribution in [3.05, 3.63) is 66.1 Å². The molecular weight excluding hydrogens is 394 g/mol. The fourth-order valence-electron chi connectivity index (χ4n) is 3.07. The average Bonchev–Trinajstić information content (AvgIpc) is 3.30. The van der Waals surface area contributed by atoms with E-state index in [1.807, 2.05) is 43.3 Å². The Morgan fingerprint density at radius 3 is 2.55 bits per heavy atom. The molecule has 3 rings (SSSR count). The van der Waals surface area contributed by atoms with Gasteiger partial charge in [-0.15, -0.1) is 0 Å². The summed E-state index contributed by atoms with van der Waals surface area (Å²) in [4.78, 5) is 17.1. The van der Waals surface area contributed by atoms with Crippen LogP contribution in [-0.2, 0) is 4.79 Å². The minimum Gasteiger partial charge on any atom is -0.493 e. The van der Waals surface area contributed by atoms with Crippen LogP contribution in [0.5, 0.6) is 11.5 Å². The Morgan fingerprint density at radius 2 is 1.87 bits per heavy atom. The number of carbonyl (C=O) groups is 1. The number of nitrogens with zero attached hydrogens (tertiary/aromatic N) is 2. The maximum Gasteiger partial charge on any atom is 0.249 e. The number of nitrogens with one attached hydrogen (secondary N) is 1. The lowest BCUT2D eigenvalue weighted by molar-refractivity contribution is -0.117. The summed E-state index contributed by atoms with van der Waals surface area (Å²) in [6, 6.07) is 14.6. The largest absolute Gasteiger partial charge is 0.493 e. The van der Waals surface area contributed by atoms with Gasteiger partial charge in [-0.1, -0.05) is 55.8 Å². The van der Waals surface area contributed by atoms with Crippen molar-refractivity contribution in [2.75, 3.05) is 14.2 Å². The summed E-state index contributed by atoms with van der Waals surface area (Å²) in [5.74, 6) is 1.85. The number of methoxy groups -OCH3 is 2. The quantitative estimate of drug-likeness (QED) is 0.505. The normalized spacial score (nSPS) is 13.0. The van der Waals surface area contributed by atoms with Crippen molar-refractivity contribution < 1.29 is 18.8 Å². The molecule has 1 N–H and O–H groups in total. The van der Waals surface area contributed by atoms with Crippen LogP contribution in [-0.4, -0.2) is 30.3 Å². The van der Waals surface area contributed by atoms with Crippen molar-refractivity contribution in [1.82, 2.24) is 15.5 Å². The first-order valence-corrected chi connectivity index (χ1v) is 10.1. The molecule has 1 aromatic heterocycles. The molecule has 3 aromatic rings. The third-order valence-electron chi connectivity index (χ3n) is 5.09. The molecule has 31 heavy (non-hydrogen) atoms. The molecule has 0 aliphatic rings. The van der Waals surface area contributed by atoms with Crippen molar-refractivity contribution in [3.8, 4) is 22.9 Å². The van der Waals surface area contributed by atoms with Gasteiger partial charge in [0.15, 0.2) is 11.5 Å². The van der Waals surface area contributed by atoms with E-state index in [1.165, 1.54) is 6.08 Å². The van der Waals surface area contributed by atoms with Crippen LogP contribution >= 0.6 is 0 Å². The molecule has 0 spiro atoms. The average molecular weight is 421 g/mol. The van der Waals surface area contributed by atoms with Crippen LogP contribution in [0, 0.1) is 5.92 Å². The lowest BCUT2D eigenvalue weighted by Gasteiger charge is -2.19. The van der Waals surface area contributed by atoms with E-state index in [-0.39, 0.29) is 11.8 Å². The number of aromatic nitrogens is 2. The zero-order chi connectivity index (χ0) is 22.2. The van der Waals surface area contributed by atoms with E-state index in [0.717, 1.165) is 17.5 Å². The van der Waals surface area contributed by atoms with Crippen molar-refractivity contribution in [3.63, 3.8) is 0 Å². The van der Waals surface area contributed by atoms with Gasteiger partial charge < -0.3 is 19.3 Å². The molecule has 0 aliphatic heterocycles. The summed E-state index contributed by atoms with van der Waals surface area (Å²) >= 11 is 0. The third-order valence-corrected chi connectivity index (χ3v) is 5.09. The van der Waals surface area contributed by atoms with Gasteiger partial charge in [-0.05, 0) is 35.8 Å². The molecule has 0 saturated heterocycles. The standard InChI is InChI=1S/C24H27N3O4/c1-5-16(2)22(25-21(28)14-11-17-9-7-6-8-10-17)24-26-23(27-31-24)18-12-13-19(29-3)20(15-18)30-4/h6-16,22H,5H2,1-4H3,(H,25,28)/b14-11+/t16-,22-/m1/s1. The second-order valence-electron chi connectivity index (χ2n) is 7.14. The minimum absolute atomic E-state index is 0.104. The number of rotatable bonds is 9. The molecule has 162 valence electrons. The molecule has 1 amide bonds. The van der Waals surface area contributed by atoms with Gasteiger partial charge in [0.25, 0.3) is 0 Å². The molecule has 0 saturated carbocycles. The maximum absolute atomic E-state index is 12.5. The lowest BCUT2D eigenvalue weighted by Crippen LogP contribution is -2.31. The maximum atomic E-state index is 12.5. The number of amides is 1. The molecule has 2 aromatic carbocycles. The monoisotopic (exact) mass is 421 g/mol. The zero-order valence-corrected chi connectivity index (χ0v) is 18.2. The van der Waals surface area contributed by atoms with Crippen molar-refractivity contribution in [2.45, 2.75) is 26.3 Å². The summed E-state index contributed by atoms with van der Waals surface area (Å²) < 4.78 is 16.1. The highest BCUT2D eigenvalue weighted by atomic mass is 16.5. The molecule has 2 atom stereocenters. The van der Waals surface area contributed by atoms with Crippen LogP contribution in [0.3, 0.4) is 0 Å². The Bertz CT molecular complexity index is 1030. The molecular formula is C24H27N3O4. The fourth-order valence-corrected chi connectivity index (χ4v) is 3.07. The Labute approximate surface area is 182 Å². The second-order valence-corrected chi connectivity index (χ2v) is 7.14. The van der Waals surface area contributed by atoms with Gasteiger partial charge in [0.2, 0.25) is 17.6 Å². The Kier molecular flexibility index (Phi) is 7.43. The number of hydrogen-bond donors (Lipinski definition) is 1. The van der Waals surface area contributed by atoms with Crippen molar-refractivity contribution in [2.24, 2.45) is 5.92 Å². The van der Waals surface area contributed by atoms with Gasteiger partial charge in [-0.2, -0.15) is 4.98 Å². The van der Waals surface area contributed by atoms with Crippen molar-refractivity contribution >= 4 is 12.0 Å². The van der Waals surface area contributed by atoms with Gasteiger partial charge in [0.05, 0.1) is 14.2 Å². The lowest BCUT2D eigenvalue weighted by atomic mass is 9.99. The van der Waals surface area contributed by atoms with E-state index in [0.29, 0.717) is 23.2 Å². The number of ether oxygens (including phenoxy) is 2. The van der Waals surface area contributed by atoms with Gasteiger partial charge in [0.1, 0.15) is 6.04 Å². The number of hydrogen-bond acceptors (Lipinski definition) is 6. The zero-order valence-electron chi connectivity index (χ0n) is 18.2. The summed E-state index contributed by atoms with van der Waals surface area (Å²) in [7, 11) is 3.15. The molecule has 7 nitrogen and oxygen atoms in total. The van der Waals surface area contributed by atoms with Crippen LogP contribution < -0.4 is 14.8 Å². The SMILES string of the molecule is CC[C@@H](C)[C@@H](NC(=O)/C=C/c1ccccc1)c1nc(-c2ccc(OC)c(OC)c2)no1. The molecule has 7 heteroatoms. The fraction of sp³-hybridized carbons (Fsp3) is 0.292. The van der Waals surface area contributed by atoms with E-state index < -0.39 is 6.04 Å². The van der Waals surface area contributed by atoms with E-state index in [2.05, 4.69) is 22.4 Å². The summed E-state index contributed by atoms with van der Waals surface area (Å²) in [6.07, 6.45) is 4.11. The Balaban J connectivity index is 1.80. The van der Waals surface area contributed by atoms with E-state index in [1.54, 1.807) is 32.4 Å². The van der Waals surface area contributed by atoms with Crippen molar-refractivity contribution in [1.29, 1.82) is 0 Å². The van der Waals surface area contributed by atoms with Crippen LogP contribution in [0.4, 0.5) is 0 Å². The van der Waals surface area contributed by atoms with E-state index >= 15 is 0 Å². The smallest absolute Gasteiger partial charge is 0.249 e. The highest BCUT2D eigenvalue weighted by molar-refractivity contribution is 5.91. The second kappa shape index (κ2) is 10.4. The van der Waals surface area contributed by atoms with Crippen LogP contribution in [0.2, 0.25) is 0 Å². The first-order chi connectivity index (χ1) is 15.0. The summed E-state index contributed by atoms with van der Waals surface area (Å²) in [5, 5.41) is 7.10. The highest BCUT2D eigenvalue weighted by Crippen LogP contribution is 2.32. The van der Waals surface area contributed by atoms with Crippen LogP contribution in [0.1, 0.15) is 37.8 Å². The first-order valence-electron chi connectivity index (χ1n) is 10.1. The van der Waals surface area contributed by atoms with Gasteiger partial charge in [-0.25, -0.2) is 0 Å². The number of benzene rings is 2. The van der Waals surface area contributed by atoms with Crippen LogP contribution in [0.25, 0.3) is 17.5 Å². The molecule has 0 aliphatic carbocycles. The highest BCUT2D eigenvalue weighted by Gasteiger charge is 2.26. The summed E-state index contributed by atoms with van der Waals surface area (Å²) in [5.41, 5.74) is 1.68. The van der Waals surface area contributed by atoms with E-state index in [9.17, 15) is 4.79 Å². The molecule has 0 radical (unpaired) electrons. The third kappa shape index (κ3) is 5.51. The number of carbonyl (C=O) groups excluding carboxylic acids is 1. The summed E-state index contributed by atoms with van der Waals surface area (Å²) in [6.45, 7) is 4.08. The molecule has 1 heterocycles. The molecule has 0 bridgehead atoms. The predicted molar refractivity (Wildman–Crippen MR) is 119 cm³/mol. The van der Waals surface area contributed by atoms with E-state index in [4.69, 9.17) is 14.0 Å². The van der Waals surface area contributed by atoms with Gasteiger partial charge in [0, 0.05) is 11.6 Å². The van der Waals surface area contributed by atoms with Crippen LogP contribution in [0.15, 0.2) is 59.1 Å². The molecule has 0 fully saturated rings. The first kappa shape index (κ1) is 22.1. The Hall–Kier alpha value is -3.61. The molecule has 0 unspecified atom stereocenters. The predicted octanol–water partition coefficient (Wildman–Crippen LogP) is 4.67. The Morgan fingerprint density at radius 1 is 1.13 bits per heavy atom. The topological polar surface area (TPSA) is 86.5 Å². The minimum atomic E-state index is -0.403. The van der Waals surface area contributed by atoms with Gasteiger partial charge in [-0.3, -0.25) is 4.79 Å². The van der Waals surface area contributed by atoms with Gasteiger partial charge >= 0.3 is 0 Å².